The van der Waals surface area contributed by atoms with Crippen LogP contribution in [-0.4, -0.2) is 13.4 Å². The van der Waals surface area contributed by atoms with Crippen LogP contribution in [-0.2, 0) is 23.1 Å². The van der Waals surface area contributed by atoms with Gasteiger partial charge in [-0.05, 0) is 23.8 Å². The van der Waals surface area contributed by atoms with E-state index in [1.807, 2.05) is 0 Å². The lowest BCUT2D eigenvalue weighted by atomic mass is 10.1. The third-order valence-corrected chi connectivity index (χ3v) is 4.14. The van der Waals surface area contributed by atoms with E-state index >= 15 is 0 Å². The average molecular weight is 295 g/mol. The molecule has 0 aliphatic rings. The van der Waals surface area contributed by atoms with E-state index in [1.165, 1.54) is 36.7 Å². The van der Waals surface area contributed by atoms with Gasteiger partial charge in [0.15, 0.2) is 0 Å². The fraction of sp³-hybridized carbons (Fsp3) is 0.154. The van der Waals surface area contributed by atoms with Crippen LogP contribution < -0.4 is 10.5 Å². The molecule has 3 N–H and O–H groups in total. The van der Waals surface area contributed by atoms with Gasteiger partial charge in [0, 0.05) is 31.0 Å². The van der Waals surface area contributed by atoms with Crippen LogP contribution in [0.3, 0.4) is 0 Å². The first-order valence-corrected chi connectivity index (χ1v) is 7.38. The zero-order valence-electron chi connectivity index (χ0n) is 10.6. The number of hydrogen-bond donors (Lipinski definition) is 2. The number of sulfonamides is 1. The number of pyridine rings is 1. The van der Waals surface area contributed by atoms with Crippen molar-refractivity contribution in [1.82, 2.24) is 9.71 Å². The molecular formula is C13H14FN3O2S. The Bertz CT molecular complexity index is 690. The molecule has 2 aromatic rings. The minimum Gasteiger partial charge on any atom is -0.326 e. The number of nitrogens with two attached hydrogens (primary N) is 1. The largest absolute Gasteiger partial charge is 0.326 e. The molecule has 0 spiro atoms. The fourth-order valence-electron chi connectivity index (χ4n) is 1.62. The van der Waals surface area contributed by atoms with Gasteiger partial charge in [-0.15, -0.1) is 0 Å². The highest BCUT2D eigenvalue weighted by Crippen LogP contribution is 2.12. The van der Waals surface area contributed by atoms with Gasteiger partial charge in [0.05, 0.1) is 0 Å². The van der Waals surface area contributed by atoms with Gasteiger partial charge in [0.2, 0.25) is 10.0 Å². The molecule has 1 aromatic heterocycles. The quantitative estimate of drug-likeness (QED) is 0.866. The number of benzene rings is 1. The zero-order valence-corrected chi connectivity index (χ0v) is 11.4. The minimum absolute atomic E-state index is 0.0407. The molecule has 0 bridgehead atoms. The van der Waals surface area contributed by atoms with Crippen molar-refractivity contribution in [2.75, 3.05) is 0 Å². The van der Waals surface area contributed by atoms with Gasteiger partial charge < -0.3 is 5.73 Å². The molecule has 0 amide bonds. The number of nitrogens with zero attached hydrogens (tertiary/aromatic N) is 1. The molecule has 0 atom stereocenters. The zero-order chi connectivity index (χ0) is 14.6. The van der Waals surface area contributed by atoms with Gasteiger partial charge in [0.1, 0.15) is 10.7 Å². The van der Waals surface area contributed by atoms with Crippen LogP contribution in [0.25, 0.3) is 0 Å². The molecule has 1 aromatic carbocycles. The van der Waals surface area contributed by atoms with Gasteiger partial charge in [-0.2, -0.15) is 0 Å². The fourth-order valence-corrected chi connectivity index (χ4v) is 2.59. The standard InChI is InChI=1S/C13H14FN3O2S/c14-13-6-10(7-15)3-4-11(13)8-17-20(18,19)12-2-1-5-16-9-12/h1-6,9,17H,7-8,15H2. The molecule has 0 fully saturated rings. The van der Waals surface area contributed by atoms with Crippen LogP contribution in [0.1, 0.15) is 11.1 Å². The van der Waals surface area contributed by atoms with Crippen LogP contribution >= 0.6 is 0 Å². The van der Waals surface area contributed by atoms with E-state index in [2.05, 4.69) is 9.71 Å². The Hall–Kier alpha value is -1.83. The maximum absolute atomic E-state index is 13.7. The summed E-state index contributed by atoms with van der Waals surface area (Å²) in [5, 5.41) is 0. The second-order valence-electron chi connectivity index (χ2n) is 4.14. The number of aromatic nitrogens is 1. The van der Waals surface area contributed by atoms with Crippen molar-refractivity contribution in [2.24, 2.45) is 5.73 Å². The lowest BCUT2D eigenvalue weighted by Crippen LogP contribution is -2.23. The van der Waals surface area contributed by atoms with Crippen LogP contribution in [0, 0.1) is 5.82 Å². The van der Waals surface area contributed by atoms with Gasteiger partial charge >= 0.3 is 0 Å². The van der Waals surface area contributed by atoms with Gasteiger partial charge in [-0.1, -0.05) is 12.1 Å². The molecule has 2 rings (SSSR count). The average Bonchev–Trinajstić information content (AvgIpc) is 2.47. The van der Waals surface area contributed by atoms with E-state index in [0.29, 0.717) is 5.56 Å². The Balaban J connectivity index is 2.13. The van der Waals surface area contributed by atoms with Crippen molar-refractivity contribution in [3.8, 4) is 0 Å². The summed E-state index contributed by atoms with van der Waals surface area (Å²) in [6.45, 7) is 0.104. The predicted octanol–water partition coefficient (Wildman–Crippen LogP) is 1.16. The van der Waals surface area contributed by atoms with E-state index < -0.39 is 15.8 Å². The monoisotopic (exact) mass is 295 g/mol. The summed E-state index contributed by atoms with van der Waals surface area (Å²) in [6, 6.07) is 7.42. The van der Waals surface area contributed by atoms with Gasteiger partial charge in [-0.3, -0.25) is 4.98 Å². The number of rotatable bonds is 5. The van der Waals surface area contributed by atoms with E-state index in [9.17, 15) is 12.8 Å². The Labute approximate surface area is 116 Å². The van der Waals surface area contributed by atoms with Gasteiger partial charge in [-0.25, -0.2) is 17.5 Å². The van der Waals surface area contributed by atoms with E-state index in [4.69, 9.17) is 5.73 Å². The molecule has 0 aliphatic heterocycles. The Morgan fingerprint density at radius 3 is 2.70 bits per heavy atom. The summed E-state index contributed by atoms with van der Waals surface area (Å²) in [6.07, 6.45) is 2.71. The third kappa shape index (κ3) is 3.38. The van der Waals surface area contributed by atoms with Crippen LogP contribution in [0.5, 0.6) is 0 Å². The third-order valence-electron chi connectivity index (χ3n) is 2.75. The minimum atomic E-state index is -3.69. The summed E-state index contributed by atoms with van der Waals surface area (Å²) in [7, 11) is -3.69. The summed E-state index contributed by atoms with van der Waals surface area (Å²) in [5.41, 5.74) is 6.32. The highest BCUT2D eigenvalue weighted by atomic mass is 32.2. The molecule has 5 nitrogen and oxygen atoms in total. The van der Waals surface area contributed by atoms with E-state index in [0.717, 1.165) is 0 Å². The highest BCUT2D eigenvalue weighted by molar-refractivity contribution is 7.89. The van der Waals surface area contributed by atoms with Crippen LogP contribution in [0.15, 0.2) is 47.6 Å². The number of halogens is 1. The Morgan fingerprint density at radius 2 is 2.10 bits per heavy atom. The van der Waals surface area contributed by atoms with Crippen molar-refractivity contribution < 1.29 is 12.8 Å². The van der Waals surface area contributed by atoms with E-state index in [-0.39, 0.29) is 23.5 Å². The molecule has 20 heavy (non-hydrogen) atoms. The van der Waals surface area contributed by atoms with E-state index in [1.54, 1.807) is 6.07 Å². The molecule has 106 valence electrons. The number of hydrogen-bond acceptors (Lipinski definition) is 4. The van der Waals surface area contributed by atoms with Crippen molar-refractivity contribution >= 4 is 10.0 Å². The normalized spacial score (nSPS) is 11.5. The first kappa shape index (κ1) is 14.6. The molecular weight excluding hydrogens is 281 g/mol. The predicted molar refractivity (Wildman–Crippen MR) is 72.6 cm³/mol. The molecule has 0 saturated carbocycles. The maximum Gasteiger partial charge on any atom is 0.242 e. The lowest BCUT2D eigenvalue weighted by molar-refractivity contribution is 0.573. The van der Waals surface area contributed by atoms with Crippen molar-refractivity contribution in [3.05, 3.63) is 59.7 Å². The van der Waals surface area contributed by atoms with Crippen molar-refractivity contribution in [1.29, 1.82) is 0 Å². The van der Waals surface area contributed by atoms with Crippen LogP contribution in [0.4, 0.5) is 4.39 Å². The van der Waals surface area contributed by atoms with Crippen LogP contribution in [0.2, 0.25) is 0 Å². The lowest BCUT2D eigenvalue weighted by Gasteiger charge is -2.08. The summed E-state index contributed by atoms with van der Waals surface area (Å²) in [5.74, 6) is -0.484. The first-order valence-electron chi connectivity index (χ1n) is 5.90. The molecule has 0 radical (unpaired) electrons. The second kappa shape index (κ2) is 6.08. The summed E-state index contributed by atoms with van der Waals surface area (Å²) in [4.78, 5) is 3.78. The maximum atomic E-state index is 13.7. The number of nitrogens with one attached hydrogen (secondary N) is 1. The second-order valence-corrected chi connectivity index (χ2v) is 5.91. The molecule has 0 saturated heterocycles. The Kier molecular flexibility index (Phi) is 4.43. The van der Waals surface area contributed by atoms with Crippen molar-refractivity contribution in [3.63, 3.8) is 0 Å². The highest BCUT2D eigenvalue weighted by Gasteiger charge is 2.14. The topological polar surface area (TPSA) is 85.1 Å². The van der Waals surface area contributed by atoms with Gasteiger partial charge in [0.25, 0.3) is 0 Å². The first-order chi connectivity index (χ1) is 9.53. The smallest absolute Gasteiger partial charge is 0.242 e. The molecule has 7 heteroatoms. The van der Waals surface area contributed by atoms with Crippen molar-refractivity contribution in [2.45, 2.75) is 18.0 Å². The SMILES string of the molecule is NCc1ccc(CNS(=O)(=O)c2cccnc2)c(F)c1. The summed E-state index contributed by atoms with van der Waals surface area (Å²) >= 11 is 0. The Morgan fingerprint density at radius 1 is 1.30 bits per heavy atom. The molecule has 0 unspecified atom stereocenters. The summed E-state index contributed by atoms with van der Waals surface area (Å²) < 4.78 is 39.9. The molecule has 0 aliphatic carbocycles. The molecule has 1 heterocycles.